The molecule has 0 aromatic carbocycles. The summed E-state index contributed by atoms with van der Waals surface area (Å²) in [6.07, 6.45) is 8.57. The highest BCUT2D eigenvalue weighted by Crippen LogP contribution is 2.53. The third-order valence-corrected chi connectivity index (χ3v) is 5.26. The normalized spacial score (nSPS) is 46.7. The van der Waals surface area contributed by atoms with Crippen LogP contribution in [0, 0.1) is 5.41 Å². The van der Waals surface area contributed by atoms with Crippen molar-refractivity contribution in [2.75, 3.05) is 7.05 Å². The number of rotatable bonds is 2. The first-order chi connectivity index (χ1) is 7.62. The number of hydrogen-bond acceptors (Lipinski definition) is 2. The van der Waals surface area contributed by atoms with E-state index in [1.54, 1.807) is 0 Å². The fraction of sp³-hybridized carbons (Fsp3) is 1.00. The lowest BCUT2D eigenvalue weighted by Gasteiger charge is -2.50. The lowest BCUT2D eigenvalue weighted by atomic mass is 9.81. The first-order valence-corrected chi connectivity index (χ1v) is 7.06. The second-order valence-electron chi connectivity index (χ2n) is 6.85. The molecule has 0 amide bonds. The molecule has 3 rings (SSSR count). The molecule has 0 spiro atoms. The Morgan fingerprint density at radius 1 is 1.12 bits per heavy atom. The van der Waals surface area contributed by atoms with Gasteiger partial charge in [0, 0.05) is 24.2 Å². The molecule has 0 radical (unpaired) electrons. The van der Waals surface area contributed by atoms with Crippen molar-refractivity contribution in [2.24, 2.45) is 5.41 Å². The highest BCUT2D eigenvalue weighted by Gasteiger charge is 2.54. The van der Waals surface area contributed by atoms with Crippen molar-refractivity contribution in [3.8, 4) is 0 Å². The van der Waals surface area contributed by atoms with E-state index >= 15 is 0 Å². The Morgan fingerprint density at radius 2 is 1.69 bits per heavy atom. The van der Waals surface area contributed by atoms with Crippen LogP contribution in [-0.2, 0) is 0 Å². The number of nitrogens with zero attached hydrogens (tertiary/aromatic N) is 1. The third-order valence-electron chi connectivity index (χ3n) is 5.26. The summed E-state index contributed by atoms with van der Waals surface area (Å²) < 4.78 is 0. The molecular formula is C14H26N2. The Hall–Kier alpha value is -0.0800. The molecule has 0 aromatic rings. The zero-order valence-electron chi connectivity index (χ0n) is 11.0. The quantitative estimate of drug-likeness (QED) is 0.772. The monoisotopic (exact) mass is 222 g/mol. The van der Waals surface area contributed by atoms with E-state index in [2.05, 4.69) is 31.1 Å². The maximum Gasteiger partial charge on any atom is 0.0158 e. The van der Waals surface area contributed by atoms with Crippen LogP contribution in [0.4, 0.5) is 0 Å². The largest absolute Gasteiger partial charge is 0.317 e. The summed E-state index contributed by atoms with van der Waals surface area (Å²) in [5.74, 6) is 0. The minimum absolute atomic E-state index is 0.611. The fourth-order valence-electron chi connectivity index (χ4n) is 4.11. The topological polar surface area (TPSA) is 15.3 Å². The average molecular weight is 222 g/mol. The summed E-state index contributed by atoms with van der Waals surface area (Å²) in [6.45, 7) is 4.88. The number of piperidine rings is 2. The lowest BCUT2D eigenvalue weighted by molar-refractivity contribution is 0.00991. The van der Waals surface area contributed by atoms with Crippen molar-refractivity contribution in [3.63, 3.8) is 0 Å². The number of nitrogens with one attached hydrogen (secondary N) is 1. The van der Waals surface area contributed by atoms with Gasteiger partial charge in [-0.25, -0.2) is 0 Å². The second kappa shape index (κ2) is 3.71. The third kappa shape index (κ3) is 1.70. The summed E-state index contributed by atoms with van der Waals surface area (Å²) in [5, 5.41) is 3.51. The predicted molar refractivity (Wildman–Crippen MR) is 67.5 cm³/mol. The highest BCUT2D eigenvalue weighted by atomic mass is 15.3. The Kier molecular flexibility index (Phi) is 2.56. The van der Waals surface area contributed by atoms with Gasteiger partial charge >= 0.3 is 0 Å². The van der Waals surface area contributed by atoms with Gasteiger partial charge in [-0.1, -0.05) is 20.3 Å². The molecule has 2 heterocycles. The summed E-state index contributed by atoms with van der Waals surface area (Å²) in [7, 11) is 2.14. The molecule has 2 aliphatic heterocycles. The zero-order valence-corrected chi connectivity index (χ0v) is 11.0. The van der Waals surface area contributed by atoms with Crippen LogP contribution in [0.3, 0.4) is 0 Å². The minimum atomic E-state index is 0.611. The van der Waals surface area contributed by atoms with Crippen molar-refractivity contribution in [2.45, 2.75) is 76.5 Å². The predicted octanol–water partition coefficient (Wildman–Crippen LogP) is 2.39. The van der Waals surface area contributed by atoms with Crippen LogP contribution in [0.5, 0.6) is 0 Å². The van der Waals surface area contributed by atoms with Gasteiger partial charge in [-0.2, -0.15) is 0 Å². The molecule has 3 atom stereocenters. The van der Waals surface area contributed by atoms with Crippen molar-refractivity contribution in [1.82, 2.24) is 10.2 Å². The van der Waals surface area contributed by atoms with E-state index in [0.29, 0.717) is 5.41 Å². The van der Waals surface area contributed by atoms with E-state index < -0.39 is 0 Å². The van der Waals surface area contributed by atoms with E-state index in [1.165, 1.54) is 38.5 Å². The second-order valence-corrected chi connectivity index (χ2v) is 6.85. The van der Waals surface area contributed by atoms with Gasteiger partial charge in [0.1, 0.15) is 0 Å². The Labute approximate surface area is 99.8 Å². The van der Waals surface area contributed by atoms with Crippen LogP contribution in [0.2, 0.25) is 0 Å². The van der Waals surface area contributed by atoms with Crippen molar-refractivity contribution in [3.05, 3.63) is 0 Å². The number of fused-ring (bicyclic) bond motifs is 2. The Morgan fingerprint density at radius 3 is 2.12 bits per heavy atom. The average Bonchev–Trinajstić information content (AvgIpc) is 2.85. The van der Waals surface area contributed by atoms with Gasteiger partial charge in [-0.15, -0.1) is 0 Å². The molecule has 2 bridgehead atoms. The molecule has 92 valence electrons. The van der Waals surface area contributed by atoms with E-state index in [9.17, 15) is 0 Å². The van der Waals surface area contributed by atoms with E-state index in [4.69, 9.17) is 0 Å². The molecule has 1 aliphatic carbocycles. The van der Waals surface area contributed by atoms with Gasteiger partial charge < -0.3 is 5.32 Å². The fourth-order valence-corrected chi connectivity index (χ4v) is 4.11. The summed E-state index contributed by atoms with van der Waals surface area (Å²) in [5.41, 5.74) is 0.611. The van der Waals surface area contributed by atoms with Gasteiger partial charge in [0.05, 0.1) is 0 Å². The maximum absolute atomic E-state index is 3.51. The smallest absolute Gasteiger partial charge is 0.0158 e. The molecule has 3 aliphatic rings. The Bertz CT molecular complexity index is 260. The molecule has 1 N–H and O–H groups in total. The van der Waals surface area contributed by atoms with Crippen LogP contribution in [0.1, 0.15) is 52.4 Å². The molecule has 2 heteroatoms. The van der Waals surface area contributed by atoms with Crippen LogP contribution >= 0.6 is 0 Å². The van der Waals surface area contributed by atoms with E-state index in [0.717, 1.165) is 24.2 Å². The van der Waals surface area contributed by atoms with E-state index in [-0.39, 0.29) is 0 Å². The van der Waals surface area contributed by atoms with Crippen LogP contribution in [0.25, 0.3) is 0 Å². The molecular weight excluding hydrogens is 196 g/mol. The Balaban J connectivity index is 1.75. The molecule has 3 unspecified atom stereocenters. The van der Waals surface area contributed by atoms with Crippen molar-refractivity contribution >= 4 is 0 Å². The molecule has 2 saturated heterocycles. The molecule has 3 fully saturated rings. The van der Waals surface area contributed by atoms with E-state index in [1.807, 2.05) is 0 Å². The van der Waals surface area contributed by atoms with Gasteiger partial charge in [0.2, 0.25) is 0 Å². The molecule has 1 saturated carbocycles. The summed E-state index contributed by atoms with van der Waals surface area (Å²) in [4.78, 5) is 2.91. The van der Waals surface area contributed by atoms with Crippen molar-refractivity contribution in [1.29, 1.82) is 0 Å². The molecule has 16 heavy (non-hydrogen) atoms. The minimum Gasteiger partial charge on any atom is -0.317 e. The summed E-state index contributed by atoms with van der Waals surface area (Å²) >= 11 is 0. The zero-order chi connectivity index (χ0) is 11.3. The maximum atomic E-state index is 3.51. The van der Waals surface area contributed by atoms with Gasteiger partial charge in [-0.3, -0.25) is 4.90 Å². The summed E-state index contributed by atoms with van der Waals surface area (Å²) in [6, 6.07) is 3.46. The first kappa shape index (κ1) is 11.0. The van der Waals surface area contributed by atoms with Crippen LogP contribution in [-0.4, -0.2) is 36.1 Å². The molecule has 0 aromatic heterocycles. The van der Waals surface area contributed by atoms with Gasteiger partial charge in [-0.05, 0) is 44.6 Å². The first-order valence-electron chi connectivity index (χ1n) is 7.06. The SMILES string of the molecule is CNC1CC2CCCC(C1)N2C1CC1(C)C. The lowest BCUT2D eigenvalue weighted by Crippen LogP contribution is -2.57. The standard InChI is InChI=1S/C14H26N2/c1-14(2)9-13(14)16-11-5-4-6-12(16)8-10(7-11)15-3/h10-13,15H,4-9H2,1-3H3. The van der Waals surface area contributed by atoms with Crippen LogP contribution < -0.4 is 5.32 Å². The highest BCUT2D eigenvalue weighted by molar-refractivity contribution is 5.09. The number of hydrogen-bond donors (Lipinski definition) is 1. The van der Waals surface area contributed by atoms with Gasteiger partial charge in [0.15, 0.2) is 0 Å². The van der Waals surface area contributed by atoms with Crippen molar-refractivity contribution < 1.29 is 0 Å². The molecule has 2 nitrogen and oxygen atoms in total. The van der Waals surface area contributed by atoms with Crippen LogP contribution in [0.15, 0.2) is 0 Å². The van der Waals surface area contributed by atoms with Gasteiger partial charge in [0.25, 0.3) is 0 Å².